The summed E-state index contributed by atoms with van der Waals surface area (Å²) in [5, 5.41) is 2.69. The number of halogens is 4. The molecule has 0 aromatic carbocycles. The maximum atomic E-state index is 12.2. The van der Waals surface area contributed by atoms with Crippen LogP contribution in [-0.2, 0) is 9.53 Å². The van der Waals surface area contributed by atoms with Crippen molar-refractivity contribution in [3.05, 3.63) is 12.7 Å². The van der Waals surface area contributed by atoms with Crippen LogP contribution >= 0.6 is 12.4 Å². The van der Waals surface area contributed by atoms with E-state index in [1.807, 2.05) is 0 Å². The number of methoxy groups -OCH3 is 1. The van der Waals surface area contributed by atoms with Gasteiger partial charge in [0.05, 0.1) is 13.2 Å². The van der Waals surface area contributed by atoms with E-state index in [1.165, 1.54) is 13.2 Å². The van der Waals surface area contributed by atoms with Gasteiger partial charge in [-0.05, 0) is 0 Å². The van der Waals surface area contributed by atoms with Crippen LogP contribution in [0.3, 0.4) is 0 Å². The molecule has 0 aliphatic carbocycles. The highest BCUT2D eigenvalue weighted by Gasteiger charge is 2.32. The van der Waals surface area contributed by atoms with Crippen LogP contribution in [-0.4, -0.2) is 56.9 Å². The Bertz CT molecular complexity index is 250. The minimum Gasteiger partial charge on any atom is -0.383 e. The summed E-state index contributed by atoms with van der Waals surface area (Å²) < 4.78 is 41.2. The van der Waals surface area contributed by atoms with Gasteiger partial charge >= 0.3 is 6.18 Å². The highest BCUT2D eigenvalue weighted by Crippen LogP contribution is 2.16. The third kappa shape index (κ3) is 10.4. The average molecular weight is 291 g/mol. The first-order valence-electron chi connectivity index (χ1n) is 5.05. The van der Waals surface area contributed by atoms with Crippen LogP contribution in [0.15, 0.2) is 12.7 Å². The topological polar surface area (TPSA) is 41.6 Å². The van der Waals surface area contributed by atoms with Gasteiger partial charge in [0.25, 0.3) is 0 Å². The first-order valence-corrected chi connectivity index (χ1v) is 5.05. The summed E-state index contributed by atoms with van der Waals surface area (Å²) >= 11 is 0. The van der Waals surface area contributed by atoms with Crippen molar-refractivity contribution in [3.63, 3.8) is 0 Å². The van der Waals surface area contributed by atoms with Crippen molar-refractivity contribution in [2.45, 2.75) is 6.18 Å². The maximum absolute atomic E-state index is 12.2. The Morgan fingerprint density at radius 2 is 2.11 bits per heavy atom. The van der Waals surface area contributed by atoms with Crippen molar-refractivity contribution in [2.24, 2.45) is 0 Å². The van der Waals surface area contributed by atoms with Gasteiger partial charge in [-0.1, -0.05) is 6.08 Å². The molecule has 4 nitrogen and oxygen atoms in total. The molecule has 0 spiro atoms. The summed E-state index contributed by atoms with van der Waals surface area (Å²) in [5.41, 5.74) is 0. The van der Waals surface area contributed by atoms with Crippen molar-refractivity contribution in [1.82, 2.24) is 10.2 Å². The Kier molecular flexibility index (Phi) is 11.0. The lowest BCUT2D eigenvalue weighted by atomic mass is 10.4. The monoisotopic (exact) mass is 290 g/mol. The normalized spacial score (nSPS) is 10.7. The number of alkyl halides is 3. The van der Waals surface area contributed by atoms with Crippen molar-refractivity contribution >= 4 is 18.3 Å². The standard InChI is InChI=1S/C10H17F3N2O2.ClH/c1-3-5-15(8-10(11,12)13)9(16)7-14-4-6-17-2;/h3,14H,1,4-8H2,2H3;1H. The van der Waals surface area contributed by atoms with Gasteiger partial charge in [-0.2, -0.15) is 13.2 Å². The molecule has 18 heavy (non-hydrogen) atoms. The molecule has 8 heteroatoms. The van der Waals surface area contributed by atoms with E-state index in [0.717, 1.165) is 0 Å². The van der Waals surface area contributed by atoms with Gasteiger partial charge in [0, 0.05) is 20.2 Å². The molecule has 0 bridgehead atoms. The number of hydrogen-bond acceptors (Lipinski definition) is 3. The molecule has 0 aromatic rings. The van der Waals surface area contributed by atoms with E-state index in [4.69, 9.17) is 4.74 Å². The Morgan fingerprint density at radius 1 is 1.50 bits per heavy atom. The third-order valence-electron chi connectivity index (χ3n) is 1.83. The molecule has 1 amide bonds. The van der Waals surface area contributed by atoms with Gasteiger partial charge in [0.2, 0.25) is 5.91 Å². The lowest BCUT2D eigenvalue weighted by Gasteiger charge is -2.22. The van der Waals surface area contributed by atoms with E-state index in [9.17, 15) is 18.0 Å². The van der Waals surface area contributed by atoms with Crippen molar-refractivity contribution in [3.8, 4) is 0 Å². The second-order valence-electron chi connectivity index (χ2n) is 3.35. The average Bonchev–Trinajstić information content (AvgIpc) is 2.21. The van der Waals surface area contributed by atoms with Crippen molar-refractivity contribution in [1.29, 1.82) is 0 Å². The number of rotatable bonds is 8. The zero-order valence-electron chi connectivity index (χ0n) is 10.1. The Labute approximate surface area is 111 Å². The van der Waals surface area contributed by atoms with Gasteiger partial charge in [-0.3, -0.25) is 4.79 Å². The van der Waals surface area contributed by atoms with Gasteiger partial charge in [-0.25, -0.2) is 0 Å². The molecule has 0 fully saturated rings. The smallest absolute Gasteiger partial charge is 0.383 e. The summed E-state index contributed by atoms with van der Waals surface area (Å²) in [6, 6.07) is 0. The first-order chi connectivity index (χ1) is 7.90. The summed E-state index contributed by atoms with van der Waals surface area (Å²) in [6.45, 7) is 2.60. The van der Waals surface area contributed by atoms with Crippen LogP contribution in [0.25, 0.3) is 0 Å². The van der Waals surface area contributed by atoms with Crippen LogP contribution in [0.5, 0.6) is 0 Å². The predicted molar refractivity (Wildman–Crippen MR) is 64.8 cm³/mol. The second kappa shape index (κ2) is 10.2. The molecule has 0 aromatic heterocycles. The van der Waals surface area contributed by atoms with Gasteiger partial charge in [-0.15, -0.1) is 19.0 Å². The quantitative estimate of drug-likeness (QED) is 0.540. The lowest BCUT2D eigenvalue weighted by Crippen LogP contribution is -2.43. The number of carbonyl (C=O) groups excluding carboxylic acids is 1. The molecule has 0 heterocycles. The Morgan fingerprint density at radius 3 is 2.56 bits per heavy atom. The van der Waals surface area contributed by atoms with E-state index in [0.29, 0.717) is 18.1 Å². The summed E-state index contributed by atoms with van der Waals surface area (Å²) in [4.78, 5) is 12.2. The fraction of sp³-hybridized carbons (Fsp3) is 0.700. The van der Waals surface area contributed by atoms with Crippen molar-refractivity contribution < 1.29 is 22.7 Å². The van der Waals surface area contributed by atoms with E-state index in [1.54, 1.807) is 0 Å². The Balaban J connectivity index is 0. The zero-order valence-corrected chi connectivity index (χ0v) is 10.9. The van der Waals surface area contributed by atoms with E-state index in [-0.39, 0.29) is 25.5 Å². The van der Waals surface area contributed by atoms with Gasteiger partial charge < -0.3 is 15.0 Å². The lowest BCUT2D eigenvalue weighted by molar-refractivity contribution is -0.159. The molecule has 108 valence electrons. The van der Waals surface area contributed by atoms with Crippen LogP contribution in [0, 0.1) is 0 Å². The van der Waals surface area contributed by atoms with Crippen molar-refractivity contribution in [2.75, 3.05) is 39.9 Å². The van der Waals surface area contributed by atoms with E-state index in [2.05, 4.69) is 11.9 Å². The van der Waals surface area contributed by atoms with E-state index < -0.39 is 18.6 Å². The molecule has 0 rings (SSSR count). The largest absolute Gasteiger partial charge is 0.406 e. The highest BCUT2D eigenvalue weighted by molar-refractivity contribution is 5.85. The van der Waals surface area contributed by atoms with Gasteiger partial charge in [0.15, 0.2) is 0 Å². The second-order valence-corrected chi connectivity index (χ2v) is 3.35. The van der Waals surface area contributed by atoms with Gasteiger partial charge in [0.1, 0.15) is 6.54 Å². The Hall–Kier alpha value is -0.790. The minimum absolute atomic E-state index is 0. The van der Waals surface area contributed by atoms with Crippen LogP contribution in [0.2, 0.25) is 0 Å². The molecule has 0 saturated heterocycles. The van der Waals surface area contributed by atoms with Crippen LogP contribution in [0.4, 0.5) is 13.2 Å². The number of nitrogens with one attached hydrogen (secondary N) is 1. The third-order valence-corrected chi connectivity index (χ3v) is 1.83. The maximum Gasteiger partial charge on any atom is 0.406 e. The number of hydrogen-bond donors (Lipinski definition) is 1. The minimum atomic E-state index is -4.40. The van der Waals surface area contributed by atoms with Crippen LogP contribution in [0.1, 0.15) is 0 Å². The molecule has 0 aliphatic rings. The summed E-state index contributed by atoms with van der Waals surface area (Å²) in [6.07, 6.45) is -3.13. The highest BCUT2D eigenvalue weighted by atomic mass is 35.5. The first kappa shape index (κ1) is 19.5. The van der Waals surface area contributed by atoms with E-state index >= 15 is 0 Å². The fourth-order valence-corrected chi connectivity index (χ4v) is 1.11. The van der Waals surface area contributed by atoms with Crippen LogP contribution < -0.4 is 5.32 Å². The number of nitrogens with zero attached hydrogens (tertiary/aromatic N) is 1. The molecular weight excluding hydrogens is 273 g/mol. The predicted octanol–water partition coefficient (Wildman–Crippen LogP) is 1.22. The molecule has 0 atom stereocenters. The molecule has 0 aliphatic heterocycles. The summed E-state index contributed by atoms with van der Waals surface area (Å²) in [5.74, 6) is -0.613. The molecular formula is C10H18ClF3N2O2. The number of amides is 1. The fourth-order valence-electron chi connectivity index (χ4n) is 1.11. The molecule has 0 saturated carbocycles. The number of carbonyl (C=O) groups is 1. The molecule has 0 radical (unpaired) electrons. The molecule has 0 unspecified atom stereocenters. The zero-order chi connectivity index (χ0) is 13.3. The molecule has 1 N–H and O–H groups in total. The number of ether oxygens (including phenoxy) is 1. The SMILES string of the molecule is C=CCN(CC(F)(F)F)C(=O)CNCCOC.Cl. The summed E-state index contributed by atoms with van der Waals surface area (Å²) in [7, 11) is 1.50.